The van der Waals surface area contributed by atoms with Gasteiger partial charge in [0.15, 0.2) is 0 Å². The van der Waals surface area contributed by atoms with Crippen molar-refractivity contribution in [3.63, 3.8) is 0 Å². The van der Waals surface area contributed by atoms with Crippen molar-refractivity contribution in [2.24, 2.45) is 0 Å². The van der Waals surface area contributed by atoms with Crippen molar-refractivity contribution in [2.45, 2.75) is 13.8 Å². The summed E-state index contributed by atoms with van der Waals surface area (Å²) in [6.45, 7) is -2.32. The summed E-state index contributed by atoms with van der Waals surface area (Å²) in [5, 5.41) is 0. The maximum absolute atomic E-state index is 13.1. The summed E-state index contributed by atoms with van der Waals surface area (Å²) in [5.41, 5.74) is -0.541. The molecule has 6 heteroatoms. The van der Waals surface area contributed by atoms with Gasteiger partial charge in [0.05, 0.1) is 5.82 Å². The van der Waals surface area contributed by atoms with Crippen LogP contribution in [0, 0.1) is 19.7 Å². The fourth-order valence-electron chi connectivity index (χ4n) is 1.06. The van der Waals surface area contributed by atoms with Gasteiger partial charge in [-0.25, -0.2) is 4.39 Å². The first-order valence-electron chi connectivity index (χ1n) is 3.79. The summed E-state index contributed by atoms with van der Waals surface area (Å²) >= 11 is 0. The van der Waals surface area contributed by atoms with Crippen molar-refractivity contribution in [1.82, 2.24) is 0 Å². The number of hydrogen-bond acceptors (Lipinski definition) is 0. The Hall–Kier alpha value is 0.641. The van der Waals surface area contributed by atoms with Crippen LogP contribution in [0.1, 0.15) is 11.1 Å². The van der Waals surface area contributed by atoms with Crippen LogP contribution in [0.3, 0.4) is 0 Å². The van der Waals surface area contributed by atoms with E-state index in [1.54, 1.807) is 6.92 Å². The quantitative estimate of drug-likeness (QED) is 0.450. The summed E-state index contributed by atoms with van der Waals surface area (Å²) < 4.78 is 49.6. The Balaban J connectivity index is 0.00000169. The zero-order valence-corrected chi connectivity index (χ0v) is 11.4. The van der Waals surface area contributed by atoms with E-state index >= 15 is 0 Å². The van der Waals surface area contributed by atoms with E-state index in [4.69, 9.17) is 0 Å². The van der Waals surface area contributed by atoms with E-state index in [1.807, 2.05) is 0 Å². The number of halogens is 4. The Kier molecular flexibility index (Phi) is 5.35. The van der Waals surface area contributed by atoms with Crippen molar-refractivity contribution in [3.8, 4) is 0 Å². The van der Waals surface area contributed by atoms with Crippen LogP contribution in [0.25, 0.3) is 0 Å². The van der Waals surface area contributed by atoms with E-state index in [1.165, 1.54) is 13.0 Å². The molecule has 0 aliphatic carbocycles. The second kappa shape index (κ2) is 5.12. The average molecular weight is 230 g/mol. The molecule has 0 spiro atoms. The molecule has 1 aromatic rings. The summed E-state index contributed by atoms with van der Waals surface area (Å²) in [6, 6.07) is 2.07. The Morgan fingerprint density at radius 2 is 1.57 bits per heavy atom. The van der Waals surface area contributed by atoms with Gasteiger partial charge in [0.2, 0.25) is 0 Å². The second-order valence-corrected chi connectivity index (χ2v) is 2.99. The minimum atomic E-state index is -5.24. The van der Waals surface area contributed by atoms with E-state index < -0.39 is 18.3 Å². The topological polar surface area (TPSA) is 0 Å². The standard InChI is InChI=1S/C8H8BF4.K/c1-5-3-4-7(9(11,12)13)8(10)6(5)2;/h3-4H,1-2H3;/q-1;+1. The first kappa shape index (κ1) is 14.6. The normalized spacial score (nSPS) is 11.0. The summed E-state index contributed by atoms with van der Waals surface area (Å²) in [7, 11) is 0. The Bertz CT molecular complexity index is 335. The van der Waals surface area contributed by atoms with Crippen LogP contribution in [0.5, 0.6) is 0 Å². The van der Waals surface area contributed by atoms with Crippen LogP contribution in [-0.4, -0.2) is 6.98 Å². The van der Waals surface area contributed by atoms with Gasteiger partial charge in [-0.15, -0.1) is 0 Å². The van der Waals surface area contributed by atoms with Gasteiger partial charge in [-0.2, -0.15) is 0 Å². The molecule has 0 N–H and O–H groups in total. The zero-order valence-electron chi connectivity index (χ0n) is 8.24. The van der Waals surface area contributed by atoms with Gasteiger partial charge in [0, 0.05) is 0 Å². The van der Waals surface area contributed by atoms with Gasteiger partial charge >= 0.3 is 58.4 Å². The van der Waals surface area contributed by atoms with E-state index in [-0.39, 0.29) is 56.9 Å². The fraction of sp³-hybridized carbons (Fsp3) is 0.250. The molecule has 0 nitrogen and oxygen atoms in total. The Morgan fingerprint density at radius 3 is 2.00 bits per heavy atom. The molecule has 0 aliphatic heterocycles. The minimum Gasteiger partial charge on any atom is -0.445 e. The fourth-order valence-corrected chi connectivity index (χ4v) is 1.06. The molecule has 0 unspecified atom stereocenters. The SMILES string of the molecule is Cc1ccc([B-](F)(F)F)c(F)c1C.[K+]. The van der Waals surface area contributed by atoms with E-state index in [0.717, 1.165) is 6.07 Å². The summed E-state index contributed by atoms with van der Waals surface area (Å²) in [4.78, 5) is 0. The van der Waals surface area contributed by atoms with Gasteiger partial charge in [0.1, 0.15) is 0 Å². The van der Waals surface area contributed by atoms with Gasteiger partial charge in [-0.1, -0.05) is 17.6 Å². The number of hydrogen-bond donors (Lipinski definition) is 0. The molecule has 0 amide bonds. The predicted molar refractivity (Wildman–Crippen MR) is 44.6 cm³/mol. The Morgan fingerprint density at radius 1 is 1.07 bits per heavy atom. The first-order valence-corrected chi connectivity index (χ1v) is 3.79. The third-order valence-corrected chi connectivity index (χ3v) is 2.04. The van der Waals surface area contributed by atoms with Crippen molar-refractivity contribution in [3.05, 3.63) is 29.1 Å². The van der Waals surface area contributed by atoms with Crippen LogP contribution in [0.2, 0.25) is 0 Å². The molecule has 14 heavy (non-hydrogen) atoms. The molecule has 0 saturated heterocycles. The van der Waals surface area contributed by atoms with Crippen molar-refractivity contribution < 1.29 is 68.7 Å². The molecule has 0 bridgehead atoms. The largest absolute Gasteiger partial charge is 1.00 e. The summed E-state index contributed by atoms with van der Waals surface area (Å²) in [5.74, 6) is -1.15. The molecule has 0 atom stereocenters. The molecule has 0 heterocycles. The van der Waals surface area contributed by atoms with Gasteiger partial charge < -0.3 is 12.9 Å². The number of rotatable bonds is 1. The third-order valence-electron chi connectivity index (χ3n) is 2.04. The molecule has 0 aromatic heterocycles. The van der Waals surface area contributed by atoms with Crippen molar-refractivity contribution in [2.75, 3.05) is 0 Å². The van der Waals surface area contributed by atoms with Gasteiger partial charge in [-0.3, -0.25) is 0 Å². The van der Waals surface area contributed by atoms with E-state index in [0.29, 0.717) is 5.56 Å². The molecule has 1 aromatic carbocycles. The Labute approximate surface area is 123 Å². The smallest absolute Gasteiger partial charge is 0.445 e. The maximum Gasteiger partial charge on any atom is 1.00 e. The molecular formula is C8H8BF4K. The molecule has 0 fully saturated rings. The third kappa shape index (κ3) is 3.07. The predicted octanol–water partition coefficient (Wildman–Crippen LogP) is -0.499. The van der Waals surface area contributed by atoms with Crippen molar-refractivity contribution >= 4 is 12.4 Å². The van der Waals surface area contributed by atoms with Crippen LogP contribution >= 0.6 is 0 Å². The maximum atomic E-state index is 13.1. The minimum absolute atomic E-state index is 0. The van der Waals surface area contributed by atoms with Crippen molar-refractivity contribution in [1.29, 1.82) is 0 Å². The van der Waals surface area contributed by atoms with Gasteiger partial charge in [-0.05, 0) is 25.0 Å². The molecule has 0 aliphatic rings. The summed E-state index contributed by atoms with van der Waals surface area (Å²) in [6.07, 6.45) is 0. The first-order chi connectivity index (χ1) is 5.84. The molecule has 1 rings (SSSR count). The van der Waals surface area contributed by atoms with Crippen LogP contribution in [0.15, 0.2) is 12.1 Å². The molecule has 72 valence electrons. The van der Waals surface area contributed by atoms with Crippen LogP contribution < -0.4 is 56.8 Å². The number of aryl methyl sites for hydroxylation is 1. The van der Waals surface area contributed by atoms with Gasteiger partial charge in [0.25, 0.3) is 0 Å². The zero-order chi connectivity index (χ0) is 10.2. The number of benzene rings is 1. The second-order valence-electron chi connectivity index (χ2n) is 2.99. The van der Waals surface area contributed by atoms with Crippen LogP contribution in [0.4, 0.5) is 17.3 Å². The average Bonchev–Trinajstić information content (AvgIpc) is 1.98. The monoisotopic (exact) mass is 230 g/mol. The van der Waals surface area contributed by atoms with E-state index in [9.17, 15) is 17.3 Å². The van der Waals surface area contributed by atoms with Crippen LogP contribution in [-0.2, 0) is 0 Å². The molecule has 0 saturated carbocycles. The molecular weight excluding hydrogens is 222 g/mol. The molecule has 0 radical (unpaired) electrons. The van der Waals surface area contributed by atoms with E-state index in [2.05, 4.69) is 0 Å².